The maximum Gasteiger partial charge on any atom is 0.338 e. The molecule has 3 heterocycles. The number of aryl methyl sites for hydroxylation is 1. The van der Waals surface area contributed by atoms with Crippen molar-refractivity contribution in [1.29, 1.82) is 0 Å². The molecule has 0 saturated heterocycles. The van der Waals surface area contributed by atoms with Gasteiger partial charge < -0.3 is 31.9 Å². The Balaban J connectivity index is 1.75. The number of nitrogens with zero attached hydrogens (tertiary/aromatic N) is 5. The van der Waals surface area contributed by atoms with E-state index in [1.807, 2.05) is 0 Å². The van der Waals surface area contributed by atoms with E-state index >= 15 is 0 Å². The van der Waals surface area contributed by atoms with Gasteiger partial charge in [0.2, 0.25) is 5.95 Å². The van der Waals surface area contributed by atoms with Crippen molar-refractivity contribution in [2.45, 2.75) is 32.1 Å². The summed E-state index contributed by atoms with van der Waals surface area (Å²) in [5, 5.41) is 20.7. The number of carboxylic acids is 2. The topological polar surface area (TPSA) is 211 Å². The van der Waals surface area contributed by atoms with Crippen LogP contribution in [0.1, 0.15) is 27.3 Å². The van der Waals surface area contributed by atoms with Gasteiger partial charge in [0.05, 0.1) is 28.3 Å². The van der Waals surface area contributed by atoms with Gasteiger partial charge in [-0.2, -0.15) is 9.97 Å². The van der Waals surface area contributed by atoms with Crippen molar-refractivity contribution in [2.75, 3.05) is 23.4 Å². The number of anilines is 3. The fourth-order valence-corrected chi connectivity index (χ4v) is 4.13. The Morgan fingerprint density at radius 2 is 1.91 bits per heavy atom. The van der Waals surface area contributed by atoms with E-state index in [1.54, 1.807) is 24.9 Å². The molecule has 13 nitrogen and oxygen atoms in total. The van der Waals surface area contributed by atoms with Gasteiger partial charge in [-0.15, -0.1) is 11.3 Å². The minimum Gasteiger partial charge on any atom is -0.480 e. The van der Waals surface area contributed by atoms with Gasteiger partial charge in [0.25, 0.3) is 5.91 Å². The van der Waals surface area contributed by atoms with Crippen molar-refractivity contribution in [3.8, 4) is 0 Å². The Morgan fingerprint density at radius 1 is 1.21 bits per heavy atom. The number of fused-ring (bicyclic) bond motifs is 1. The molecule has 3 rings (SSSR count). The molecule has 3 aromatic heterocycles. The zero-order valence-electron chi connectivity index (χ0n) is 18.0. The predicted octanol–water partition coefficient (Wildman–Crippen LogP) is 0.586. The number of halogens is 1. The molecule has 0 aromatic carbocycles. The lowest BCUT2D eigenvalue weighted by atomic mass is 10.1. The van der Waals surface area contributed by atoms with Crippen molar-refractivity contribution < 1.29 is 29.0 Å². The summed E-state index contributed by atoms with van der Waals surface area (Å²) in [6, 6.07) is -0.146. The van der Waals surface area contributed by atoms with Crippen LogP contribution in [0.15, 0.2) is 12.3 Å². The fraction of sp³-hybridized carbons (Fsp3) is 0.316. The number of alkyl halides is 1. The third-order valence-electron chi connectivity index (χ3n) is 4.68. The molecule has 34 heavy (non-hydrogen) atoms. The summed E-state index contributed by atoms with van der Waals surface area (Å²) in [4.78, 5) is 53.0. The lowest BCUT2D eigenvalue weighted by Crippen LogP contribution is -2.43. The van der Waals surface area contributed by atoms with Gasteiger partial charge in [-0.3, -0.25) is 4.79 Å². The average molecular weight is 492 g/mol. The number of nitrogens with two attached hydrogens (primary N) is 2. The number of aromatic nitrogens is 4. The van der Waals surface area contributed by atoms with Crippen molar-refractivity contribution in [3.05, 3.63) is 28.4 Å². The molecule has 0 radical (unpaired) electrons. The molecule has 15 heteroatoms. The molecule has 0 fully saturated rings. The summed E-state index contributed by atoms with van der Waals surface area (Å²) < 4.78 is 13.5. The summed E-state index contributed by atoms with van der Waals surface area (Å²) in [5.41, 5.74) is 13.2. The summed E-state index contributed by atoms with van der Waals surface area (Å²) >= 11 is 1.08. The van der Waals surface area contributed by atoms with E-state index in [0.717, 1.165) is 16.9 Å². The van der Waals surface area contributed by atoms with Crippen molar-refractivity contribution >= 4 is 57.1 Å². The Kier molecular flexibility index (Phi) is 7.05. The number of hydrogen-bond acceptors (Lipinski definition) is 11. The zero-order valence-corrected chi connectivity index (χ0v) is 18.8. The maximum absolute atomic E-state index is 13.5. The molecule has 0 aliphatic rings. The lowest BCUT2D eigenvalue weighted by Gasteiger charge is -2.18. The second kappa shape index (κ2) is 9.78. The van der Waals surface area contributed by atoms with E-state index in [1.165, 1.54) is 6.20 Å². The van der Waals surface area contributed by atoms with Crippen molar-refractivity contribution in [1.82, 2.24) is 25.3 Å². The molecule has 7 N–H and O–H groups in total. The third-order valence-corrected chi connectivity index (χ3v) is 6.03. The van der Waals surface area contributed by atoms with Crippen LogP contribution in [0.3, 0.4) is 0 Å². The summed E-state index contributed by atoms with van der Waals surface area (Å²) in [7, 11) is 1.76. The van der Waals surface area contributed by atoms with E-state index in [-0.39, 0.29) is 28.8 Å². The Bertz CT molecular complexity index is 1270. The highest BCUT2D eigenvalue weighted by molar-refractivity contribution is 7.18. The number of nitrogen functional groups attached to an aromatic ring is 2. The molecule has 2 atom stereocenters. The average Bonchev–Trinajstić information content (AvgIpc) is 3.15. The van der Waals surface area contributed by atoms with Crippen LogP contribution in [-0.4, -0.2) is 67.3 Å². The van der Waals surface area contributed by atoms with Crippen LogP contribution in [0.2, 0.25) is 0 Å². The second-order valence-electron chi connectivity index (χ2n) is 7.36. The van der Waals surface area contributed by atoms with Crippen LogP contribution in [0.5, 0.6) is 0 Å². The fourth-order valence-electron chi connectivity index (χ4n) is 3.10. The van der Waals surface area contributed by atoms with Gasteiger partial charge in [-0.1, -0.05) is 0 Å². The van der Waals surface area contributed by atoms with E-state index in [4.69, 9.17) is 16.6 Å². The first-order valence-corrected chi connectivity index (χ1v) is 10.5. The highest BCUT2D eigenvalue weighted by Crippen LogP contribution is 2.31. The van der Waals surface area contributed by atoms with Crippen LogP contribution in [-0.2, 0) is 16.1 Å². The number of carbonyl (C=O) groups excluding carboxylic acids is 1. The van der Waals surface area contributed by atoms with E-state index in [9.17, 15) is 23.9 Å². The minimum atomic E-state index is -2.42. The number of amides is 1. The predicted molar refractivity (Wildman–Crippen MR) is 121 cm³/mol. The van der Waals surface area contributed by atoms with E-state index in [2.05, 4.69) is 25.3 Å². The van der Waals surface area contributed by atoms with Gasteiger partial charge in [-0.05, 0) is 18.6 Å². The zero-order chi connectivity index (χ0) is 25.2. The molecule has 1 amide bonds. The summed E-state index contributed by atoms with van der Waals surface area (Å²) in [6.45, 7) is 2.05. The number of aliphatic carboxylic acids is 2. The first kappa shape index (κ1) is 24.5. The lowest BCUT2D eigenvalue weighted by molar-refractivity contribution is -0.145. The van der Waals surface area contributed by atoms with Crippen LogP contribution in [0.4, 0.5) is 21.2 Å². The number of carboxylic acid groups (broad SMARTS) is 2. The number of nitrogens with one attached hydrogen (secondary N) is 1. The quantitative estimate of drug-likeness (QED) is 0.278. The molecule has 180 valence electrons. The van der Waals surface area contributed by atoms with Crippen LogP contribution >= 0.6 is 11.3 Å². The van der Waals surface area contributed by atoms with Crippen molar-refractivity contribution in [2.24, 2.45) is 0 Å². The summed E-state index contributed by atoms with van der Waals surface area (Å²) in [5.74, 6) is -4.02. The van der Waals surface area contributed by atoms with Gasteiger partial charge in [0.15, 0.2) is 23.2 Å². The minimum absolute atomic E-state index is 0.0145. The van der Waals surface area contributed by atoms with Gasteiger partial charge in [0.1, 0.15) is 6.04 Å². The number of rotatable bonds is 9. The van der Waals surface area contributed by atoms with Crippen LogP contribution < -0.4 is 21.7 Å². The molecule has 0 saturated carbocycles. The molecule has 0 bridgehead atoms. The SMILES string of the molecule is Cc1cc(C(=O)N[C@@H](C[C@H](F)C(=O)O)C(=O)O)sc1N(C)Cc1cnc2nc(N)nc(N)c2n1. The van der Waals surface area contributed by atoms with Crippen LogP contribution in [0.25, 0.3) is 11.2 Å². The van der Waals surface area contributed by atoms with Crippen molar-refractivity contribution in [3.63, 3.8) is 0 Å². The Labute approximate surface area is 195 Å². The standard InChI is InChI=1S/C19H21FN8O5S/c1-7-3-11(15(29)25-10(18(32)33)4-9(20)17(30)31)34-16(7)28(2)6-8-5-23-14-12(24-8)13(21)26-19(22)27-14/h3,5,9-10H,4,6H2,1-2H3,(H,25,29)(H,30,31)(H,32,33)(H4,21,22,23,26,27)/t9-,10-/m0/s1. The molecule has 0 unspecified atom stereocenters. The highest BCUT2D eigenvalue weighted by Gasteiger charge is 2.29. The monoisotopic (exact) mass is 492 g/mol. The maximum atomic E-state index is 13.5. The Morgan fingerprint density at radius 3 is 2.56 bits per heavy atom. The van der Waals surface area contributed by atoms with Crippen LogP contribution in [0, 0.1) is 6.92 Å². The largest absolute Gasteiger partial charge is 0.480 e. The molecule has 0 aliphatic carbocycles. The smallest absolute Gasteiger partial charge is 0.338 e. The van der Waals surface area contributed by atoms with E-state index < -0.39 is 36.5 Å². The molecule has 0 spiro atoms. The van der Waals surface area contributed by atoms with Gasteiger partial charge in [-0.25, -0.2) is 23.9 Å². The Hall–Kier alpha value is -4.14. The third kappa shape index (κ3) is 5.43. The van der Waals surface area contributed by atoms with Gasteiger partial charge >= 0.3 is 11.9 Å². The number of thiophene rings is 1. The van der Waals surface area contributed by atoms with E-state index in [0.29, 0.717) is 16.2 Å². The highest BCUT2D eigenvalue weighted by atomic mass is 32.1. The number of carbonyl (C=O) groups is 3. The normalized spacial score (nSPS) is 12.8. The molecule has 3 aromatic rings. The van der Waals surface area contributed by atoms with Gasteiger partial charge in [0, 0.05) is 13.5 Å². The summed E-state index contributed by atoms with van der Waals surface area (Å²) in [6.07, 6.45) is -1.81. The molecule has 0 aliphatic heterocycles. The number of hydrogen-bond donors (Lipinski definition) is 5. The first-order valence-electron chi connectivity index (χ1n) is 9.73. The second-order valence-corrected chi connectivity index (χ2v) is 8.39. The first-order chi connectivity index (χ1) is 16.0. The molecular weight excluding hydrogens is 471 g/mol. The molecular formula is C19H21FN8O5S.